The lowest BCUT2D eigenvalue weighted by molar-refractivity contribution is -0.118. The van der Waals surface area contributed by atoms with Gasteiger partial charge in [0.15, 0.2) is 0 Å². The number of amides is 3. The molecule has 1 saturated carbocycles. The molecule has 0 saturated heterocycles. The molecule has 1 aliphatic carbocycles. The van der Waals surface area contributed by atoms with Gasteiger partial charge in [-0.1, -0.05) is 80.7 Å². The third-order valence-electron chi connectivity index (χ3n) is 6.82. The van der Waals surface area contributed by atoms with Gasteiger partial charge in [0, 0.05) is 30.6 Å². The van der Waals surface area contributed by atoms with Crippen molar-refractivity contribution in [1.82, 2.24) is 10.6 Å². The molecule has 3 amide bonds. The molecular weight excluding hydrogens is 422 g/mol. The highest BCUT2D eigenvalue weighted by atomic mass is 16.2. The quantitative estimate of drug-likeness (QED) is 0.593. The van der Waals surface area contributed by atoms with Crippen LogP contribution < -0.4 is 15.5 Å². The third kappa shape index (κ3) is 6.63. The number of benzene rings is 2. The highest BCUT2D eigenvalue weighted by Gasteiger charge is 2.21. The number of anilines is 1. The monoisotopic (exact) mass is 457 g/mol. The number of nitrogens with one attached hydrogen (secondary N) is 2. The molecule has 0 spiro atoms. The van der Waals surface area contributed by atoms with Gasteiger partial charge in [0.1, 0.15) is 0 Å². The summed E-state index contributed by atoms with van der Waals surface area (Å²) in [7, 11) is 0. The SMILES string of the molecule is O=C(NCCC(=O)N1Cc2ccccc2C#Cc2ccccc21)NCC1CCCCCCCC1. The van der Waals surface area contributed by atoms with E-state index < -0.39 is 0 Å². The molecule has 4 rings (SSSR count). The summed E-state index contributed by atoms with van der Waals surface area (Å²) in [4.78, 5) is 27.4. The van der Waals surface area contributed by atoms with Crippen LogP contribution in [0.25, 0.3) is 0 Å². The second-order valence-electron chi connectivity index (χ2n) is 9.36. The summed E-state index contributed by atoms with van der Waals surface area (Å²) in [6.07, 6.45) is 10.4. The molecule has 0 aromatic heterocycles. The second-order valence-corrected chi connectivity index (χ2v) is 9.36. The van der Waals surface area contributed by atoms with Gasteiger partial charge in [-0.05, 0) is 42.5 Å². The van der Waals surface area contributed by atoms with Crippen molar-refractivity contribution in [2.75, 3.05) is 18.0 Å². The molecule has 178 valence electrons. The first-order chi connectivity index (χ1) is 16.7. The average Bonchev–Trinajstić information content (AvgIpc) is 2.98. The van der Waals surface area contributed by atoms with E-state index in [4.69, 9.17) is 0 Å². The number of carbonyl (C=O) groups is 2. The minimum atomic E-state index is -0.183. The number of carbonyl (C=O) groups excluding carboxylic acids is 2. The van der Waals surface area contributed by atoms with Crippen LogP contribution in [0.2, 0.25) is 0 Å². The molecule has 2 aliphatic rings. The van der Waals surface area contributed by atoms with Gasteiger partial charge in [-0.25, -0.2) is 4.79 Å². The number of fused-ring (bicyclic) bond motifs is 2. The summed E-state index contributed by atoms with van der Waals surface area (Å²) in [6.45, 7) is 1.49. The summed E-state index contributed by atoms with van der Waals surface area (Å²) in [6, 6.07) is 15.5. The van der Waals surface area contributed by atoms with E-state index in [1.54, 1.807) is 4.90 Å². The number of para-hydroxylation sites is 1. The zero-order valence-electron chi connectivity index (χ0n) is 19.9. The molecule has 1 heterocycles. The molecule has 1 aliphatic heterocycles. The number of urea groups is 1. The maximum absolute atomic E-state index is 13.2. The molecule has 2 aromatic rings. The Morgan fingerprint density at radius 2 is 1.47 bits per heavy atom. The molecule has 0 radical (unpaired) electrons. The predicted molar refractivity (Wildman–Crippen MR) is 136 cm³/mol. The van der Waals surface area contributed by atoms with Gasteiger partial charge in [-0.2, -0.15) is 0 Å². The van der Waals surface area contributed by atoms with Crippen LogP contribution in [-0.4, -0.2) is 25.0 Å². The Kier molecular flexibility index (Phi) is 8.62. The summed E-state index contributed by atoms with van der Waals surface area (Å²) >= 11 is 0. The van der Waals surface area contributed by atoms with Crippen LogP contribution in [0.15, 0.2) is 48.5 Å². The number of rotatable bonds is 5. The molecule has 2 aromatic carbocycles. The third-order valence-corrected chi connectivity index (χ3v) is 6.82. The van der Waals surface area contributed by atoms with Gasteiger partial charge in [0.2, 0.25) is 5.91 Å². The summed E-state index contributed by atoms with van der Waals surface area (Å²) < 4.78 is 0. The van der Waals surface area contributed by atoms with Crippen LogP contribution in [0.1, 0.15) is 74.5 Å². The van der Waals surface area contributed by atoms with Crippen molar-refractivity contribution in [3.8, 4) is 11.8 Å². The first-order valence-corrected chi connectivity index (χ1v) is 12.7. The zero-order valence-corrected chi connectivity index (χ0v) is 19.9. The minimum Gasteiger partial charge on any atom is -0.338 e. The van der Waals surface area contributed by atoms with E-state index in [0.29, 0.717) is 25.6 Å². The maximum Gasteiger partial charge on any atom is 0.314 e. The molecule has 5 nitrogen and oxygen atoms in total. The lowest BCUT2D eigenvalue weighted by Crippen LogP contribution is -2.40. The predicted octanol–water partition coefficient (Wildman–Crippen LogP) is 5.37. The standard InChI is InChI=1S/C29H35N3O2/c33-28(19-20-30-29(34)31-21-23-11-5-3-1-2-4-6-12-23)32-22-26-15-8-7-13-24(26)17-18-25-14-9-10-16-27(25)32/h7-10,13-16,23H,1-6,11-12,19-22H2,(H2,30,31,34). The Bertz CT molecular complexity index is 1040. The normalized spacial score (nSPS) is 16.2. The van der Waals surface area contributed by atoms with Gasteiger partial charge in [0.25, 0.3) is 0 Å². The lowest BCUT2D eigenvalue weighted by atomic mass is 9.97. The Morgan fingerprint density at radius 1 is 0.824 bits per heavy atom. The van der Waals surface area contributed by atoms with Crippen molar-refractivity contribution < 1.29 is 9.59 Å². The number of nitrogens with zero attached hydrogens (tertiary/aromatic N) is 1. The van der Waals surface area contributed by atoms with Gasteiger partial charge >= 0.3 is 6.03 Å². The lowest BCUT2D eigenvalue weighted by Gasteiger charge is -2.26. The van der Waals surface area contributed by atoms with E-state index in [0.717, 1.165) is 22.4 Å². The summed E-state index contributed by atoms with van der Waals surface area (Å²) in [5.41, 5.74) is 3.63. The topological polar surface area (TPSA) is 61.4 Å². The summed E-state index contributed by atoms with van der Waals surface area (Å²) in [5, 5.41) is 5.91. The first kappa shape index (κ1) is 23.9. The van der Waals surface area contributed by atoms with E-state index in [-0.39, 0.29) is 18.4 Å². The van der Waals surface area contributed by atoms with Crippen molar-refractivity contribution in [3.05, 3.63) is 65.2 Å². The van der Waals surface area contributed by atoms with E-state index in [1.165, 1.54) is 51.4 Å². The Morgan fingerprint density at radius 3 is 2.26 bits per heavy atom. The van der Waals surface area contributed by atoms with Gasteiger partial charge in [0.05, 0.1) is 12.2 Å². The fourth-order valence-electron chi connectivity index (χ4n) is 4.85. The minimum absolute atomic E-state index is 0.0254. The maximum atomic E-state index is 13.2. The zero-order chi connectivity index (χ0) is 23.6. The molecular formula is C29H35N3O2. The molecule has 1 fully saturated rings. The Hall–Kier alpha value is -3.26. The fraction of sp³-hybridized carbons (Fsp3) is 0.448. The van der Waals surface area contributed by atoms with Gasteiger partial charge in [-0.15, -0.1) is 0 Å². The number of hydrogen-bond donors (Lipinski definition) is 2. The van der Waals surface area contributed by atoms with E-state index in [1.807, 2.05) is 48.5 Å². The van der Waals surface area contributed by atoms with Crippen LogP contribution in [0.4, 0.5) is 10.5 Å². The Labute approximate surface area is 203 Å². The van der Waals surface area contributed by atoms with Crippen molar-refractivity contribution in [2.45, 2.75) is 64.3 Å². The van der Waals surface area contributed by atoms with Crippen LogP contribution in [-0.2, 0) is 11.3 Å². The molecule has 34 heavy (non-hydrogen) atoms. The van der Waals surface area contributed by atoms with Crippen molar-refractivity contribution in [1.29, 1.82) is 0 Å². The molecule has 0 bridgehead atoms. The molecule has 5 heteroatoms. The molecule has 0 unspecified atom stereocenters. The molecule has 0 atom stereocenters. The van der Waals surface area contributed by atoms with E-state index in [9.17, 15) is 9.59 Å². The smallest absolute Gasteiger partial charge is 0.314 e. The highest BCUT2D eigenvalue weighted by Crippen LogP contribution is 2.26. The molecule has 2 N–H and O–H groups in total. The second kappa shape index (κ2) is 12.3. The average molecular weight is 458 g/mol. The van der Waals surface area contributed by atoms with Crippen molar-refractivity contribution >= 4 is 17.6 Å². The first-order valence-electron chi connectivity index (χ1n) is 12.7. The van der Waals surface area contributed by atoms with Gasteiger partial charge in [-0.3, -0.25) is 4.79 Å². The Balaban J connectivity index is 1.31. The fourth-order valence-corrected chi connectivity index (χ4v) is 4.85. The van der Waals surface area contributed by atoms with E-state index in [2.05, 4.69) is 22.5 Å². The van der Waals surface area contributed by atoms with Crippen LogP contribution in [0, 0.1) is 17.8 Å². The highest BCUT2D eigenvalue weighted by molar-refractivity contribution is 5.95. The van der Waals surface area contributed by atoms with Crippen LogP contribution in [0.3, 0.4) is 0 Å². The van der Waals surface area contributed by atoms with E-state index >= 15 is 0 Å². The van der Waals surface area contributed by atoms with Crippen molar-refractivity contribution in [3.63, 3.8) is 0 Å². The summed E-state index contributed by atoms with van der Waals surface area (Å²) in [5.74, 6) is 6.99. The van der Waals surface area contributed by atoms with Gasteiger partial charge < -0.3 is 15.5 Å². The largest absolute Gasteiger partial charge is 0.338 e. The van der Waals surface area contributed by atoms with Crippen LogP contribution in [0.5, 0.6) is 0 Å². The van der Waals surface area contributed by atoms with Crippen LogP contribution >= 0.6 is 0 Å². The van der Waals surface area contributed by atoms with Crippen molar-refractivity contribution in [2.24, 2.45) is 5.92 Å². The number of hydrogen-bond acceptors (Lipinski definition) is 2.